The first-order chi connectivity index (χ1) is 10.3. The minimum absolute atomic E-state index is 0.616. The molecular formula is C17H23N3O. The fraction of sp³-hybridized carbons (Fsp3) is 0.471. The number of nitrogens with one attached hydrogen (secondary N) is 1. The van der Waals surface area contributed by atoms with Gasteiger partial charge in [0.2, 0.25) is 0 Å². The molecule has 2 heterocycles. The van der Waals surface area contributed by atoms with Crippen LogP contribution in [0.3, 0.4) is 0 Å². The van der Waals surface area contributed by atoms with E-state index in [1.54, 1.807) is 7.11 Å². The highest BCUT2D eigenvalue weighted by atomic mass is 16.5. The van der Waals surface area contributed by atoms with Crippen molar-refractivity contribution in [3.05, 3.63) is 53.3 Å². The van der Waals surface area contributed by atoms with E-state index in [2.05, 4.69) is 39.4 Å². The molecule has 0 radical (unpaired) electrons. The van der Waals surface area contributed by atoms with Gasteiger partial charge in [0.25, 0.3) is 0 Å². The first-order valence-corrected chi connectivity index (χ1v) is 7.63. The first-order valence-electron chi connectivity index (χ1n) is 7.63. The predicted molar refractivity (Wildman–Crippen MR) is 83.0 cm³/mol. The van der Waals surface area contributed by atoms with Crippen molar-refractivity contribution in [2.75, 3.05) is 20.2 Å². The molecular weight excluding hydrogens is 262 g/mol. The quantitative estimate of drug-likeness (QED) is 0.918. The van der Waals surface area contributed by atoms with Gasteiger partial charge in [-0.1, -0.05) is 24.3 Å². The van der Waals surface area contributed by atoms with Crippen LogP contribution in [0.25, 0.3) is 0 Å². The van der Waals surface area contributed by atoms with E-state index < -0.39 is 0 Å². The summed E-state index contributed by atoms with van der Waals surface area (Å²) in [5.74, 6) is 0.616. The molecule has 1 atom stereocenters. The lowest BCUT2D eigenvalue weighted by Crippen LogP contribution is -2.33. The van der Waals surface area contributed by atoms with Gasteiger partial charge in [-0.2, -0.15) is 5.10 Å². The third kappa shape index (κ3) is 3.71. The van der Waals surface area contributed by atoms with Crippen LogP contribution >= 0.6 is 0 Å². The molecule has 1 N–H and O–H groups in total. The Morgan fingerprint density at radius 3 is 2.81 bits per heavy atom. The number of piperidine rings is 1. The Morgan fingerprint density at radius 1 is 1.29 bits per heavy atom. The lowest BCUT2D eigenvalue weighted by molar-refractivity contribution is 0.184. The Bertz CT molecular complexity index is 536. The Morgan fingerprint density at radius 2 is 2.10 bits per heavy atom. The van der Waals surface area contributed by atoms with Gasteiger partial charge >= 0.3 is 0 Å². The largest absolute Gasteiger partial charge is 0.380 e. The summed E-state index contributed by atoms with van der Waals surface area (Å²) >= 11 is 0. The summed E-state index contributed by atoms with van der Waals surface area (Å²) in [4.78, 5) is 2.55. The van der Waals surface area contributed by atoms with Crippen molar-refractivity contribution in [3.8, 4) is 0 Å². The molecule has 21 heavy (non-hydrogen) atoms. The van der Waals surface area contributed by atoms with Crippen molar-refractivity contribution < 1.29 is 4.74 Å². The van der Waals surface area contributed by atoms with Gasteiger partial charge in [-0.25, -0.2) is 0 Å². The number of aromatic amines is 1. The van der Waals surface area contributed by atoms with Crippen molar-refractivity contribution in [1.29, 1.82) is 0 Å². The average molecular weight is 285 g/mol. The van der Waals surface area contributed by atoms with Crippen molar-refractivity contribution in [2.45, 2.75) is 31.9 Å². The highest BCUT2D eigenvalue weighted by Gasteiger charge is 2.21. The summed E-state index contributed by atoms with van der Waals surface area (Å²) in [6.07, 6.45) is 6.53. The van der Waals surface area contributed by atoms with Gasteiger partial charge in [-0.15, -0.1) is 0 Å². The van der Waals surface area contributed by atoms with Crippen LogP contribution in [0.1, 0.15) is 35.4 Å². The lowest BCUT2D eigenvalue weighted by atomic mass is 9.92. The Balaban J connectivity index is 1.59. The number of rotatable bonds is 5. The maximum absolute atomic E-state index is 5.15. The molecule has 1 fully saturated rings. The van der Waals surface area contributed by atoms with E-state index in [1.165, 1.54) is 36.1 Å². The molecule has 3 rings (SSSR count). The molecule has 1 aliphatic heterocycles. The molecule has 0 saturated carbocycles. The van der Waals surface area contributed by atoms with Crippen LogP contribution in [0.2, 0.25) is 0 Å². The Hall–Kier alpha value is -1.65. The summed E-state index contributed by atoms with van der Waals surface area (Å²) in [7, 11) is 1.73. The molecule has 1 aromatic heterocycles. The molecule has 112 valence electrons. The summed E-state index contributed by atoms with van der Waals surface area (Å²) in [6.45, 7) is 4.03. The lowest BCUT2D eigenvalue weighted by Gasteiger charge is -2.32. The minimum Gasteiger partial charge on any atom is -0.380 e. The number of H-pyrrole nitrogens is 1. The minimum atomic E-state index is 0.616. The second-order valence-corrected chi connectivity index (χ2v) is 5.86. The van der Waals surface area contributed by atoms with Gasteiger partial charge < -0.3 is 4.74 Å². The van der Waals surface area contributed by atoms with Crippen LogP contribution in [0, 0.1) is 0 Å². The van der Waals surface area contributed by atoms with E-state index in [-0.39, 0.29) is 0 Å². The van der Waals surface area contributed by atoms with Crippen molar-refractivity contribution in [3.63, 3.8) is 0 Å². The van der Waals surface area contributed by atoms with Gasteiger partial charge in [0.1, 0.15) is 0 Å². The van der Waals surface area contributed by atoms with Crippen LogP contribution in [-0.4, -0.2) is 35.3 Å². The van der Waals surface area contributed by atoms with E-state index in [4.69, 9.17) is 4.74 Å². The highest BCUT2D eigenvalue weighted by molar-refractivity contribution is 5.22. The van der Waals surface area contributed by atoms with Crippen LogP contribution in [0.15, 0.2) is 36.7 Å². The molecule has 0 bridgehead atoms. The molecule has 1 saturated heterocycles. The normalized spacial score (nSPS) is 19.8. The zero-order chi connectivity index (χ0) is 14.5. The van der Waals surface area contributed by atoms with E-state index in [0.29, 0.717) is 12.5 Å². The molecule has 0 aliphatic carbocycles. The standard InChI is InChI=1S/C17H23N3O/c1-21-13-15-6-4-14(5-7-15)11-20-8-2-3-16(12-20)17-9-18-19-10-17/h4-7,9-10,16H,2-3,8,11-13H2,1H3,(H,18,19)/t16-/m1/s1. The van der Waals surface area contributed by atoms with Gasteiger partial charge in [0, 0.05) is 26.4 Å². The smallest absolute Gasteiger partial charge is 0.0713 e. The molecule has 0 spiro atoms. The van der Waals surface area contributed by atoms with Gasteiger partial charge in [0.15, 0.2) is 0 Å². The number of nitrogens with zero attached hydrogens (tertiary/aromatic N) is 2. The Kier molecular flexibility index (Phi) is 4.68. The fourth-order valence-electron chi connectivity index (χ4n) is 3.12. The zero-order valence-corrected chi connectivity index (χ0v) is 12.6. The fourth-order valence-corrected chi connectivity index (χ4v) is 3.12. The number of benzene rings is 1. The van der Waals surface area contributed by atoms with E-state index in [9.17, 15) is 0 Å². The summed E-state index contributed by atoms with van der Waals surface area (Å²) in [5.41, 5.74) is 3.95. The van der Waals surface area contributed by atoms with Gasteiger partial charge in [-0.05, 0) is 42.0 Å². The molecule has 4 nitrogen and oxygen atoms in total. The van der Waals surface area contributed by atoms with Crippen LogP contribution in [0.5, 0.6) is 0 Å². The van der Waals surface area contributed by atoms with Crippen LogP contribution in [-0.2, 0) is 17.9 Å². The second kappa shape index (κ2) is 6.87. The van der Waals surface area contributed by atoms with Gasteiger partial charge in [-0.3, -0.25) is 10.00 Å². The maximum Gasteiger partial charge on any atom is 0.0713 e. The number of aromatic nitrogens is 2. The Labute approximate surface area is 126 Å². The third-order valence-electron chi connectivity index (χ3n) is 4.24. The number of hydrogen-bond donors (Lipinski definition) is 1. The molecule has 1 aliphatic rings. The molecule has 4 heteroatoms. The van der Waals surface area contributed by atoms with Crippen molar-refractivity contribution in [2.24, 2.45) is 0 Å². The van der Waals surface area contributed by atoms with E-state index in [1.807, 2.05) is 12.4 Å². The van der Waals surface area contributed by atoms with Crippen molar-refractivity contribution >= 4 is 0 Å². The highest BCUT2D eigenvalue weighted by Crippen LogP contribution is 2.26. The number of hydrogen-bond acceptors (Lipinski definition) is 3. The molecule has 2 aromatic rings. The predicted octanol–water partition coefficient (Wildman–Crippen LogP) is 2.94. The summed E-state index contributed by atoms with van der Waals surface area (Å²) < 4.78 is 5.15. The van der Waals surface area contributed by atoms with Gasteiger partial charge in [0.05, 0.1) is 12.8 Å². The topological polar surface area (TPSA) is 41.1 Å². The number of ether oxygens (including phenoxy) is 1. The zero-order valence-electron chi connectivity index (χ0n) is 12.6. The summed E-state index contributed by atoms with van der Waals surface area (Å²) in [5, 5.41) is 7.01. The SMILES string of the molecule is COCc1ccc(CN2CCC[C@@H](c3cn[nH]c3)C2)cc1. The van der Waals surface area contributed by atoms with E-state index in [0.717, 1.165) is 13.1 Å². The second-order valence-electron chi connectivity index (χ2n) is 5.86. The summed E-state index contributed by atoms with van der Waals surface area (Å²) in [6, 6.07) is 8.76. The maximum atomic E-state index is 5.15. The van der Waals surface area contributed by atoms with Crippen LogP contribution < -0.4 is 0 Å². The van der Waals surface area contributed by atoms with E-state index >= 15 is 0 Å². The molecule has 0 unspecified atom stereocenters. The number of likely N-dealkylation sites (tertiary alicyclic amines) is 1. The third-order valence-corrected chi connectivity index (χ3v) is 4.24. The van der Waals surface area contributed by atoms with Crippen molar-refractivity contribution in [1.82, 2.24) is 15.1 Å². The molecule has 0 amide bonds. The number of methoxy groups -OCH3 is 1. The average Bonchev–Trinajstić information content (AvgIpc) is 3.04. The monoisotopic (exact) mass is 285 g/mol. The molecule has 1 aromatic carbocycles. The van der Waals surface area contributed by atoms with Crippen LogP contribution in [0.4, 0.5) is 0 Å². The first kappa shape index (κ1) is 14.3.